The van der Waals surface area contributed by atoms with E-state index in [1.54, 1.807) is 0 Å². The fourth-order valence-electron chi connectivity index (χ4n) is 4.24. The summed E-state index contributed by atoms with van der Waals surface area (Å²) in [5.41, 5.74) is 3.46. The lowest BCUT2D eigenvalue weighted by molar-refractivity contribution is -0.114. The molecule has 2 heterocycles. The van der Waals surface area contributed by atoms with Gasteiger partial charge >= 0.3 is 0 Å². The molecular formula is C23H29N3O2. The van der Waals surface area contributed by atoms with Gasteiger partial charge in [0.1, 0.15) is 5.75 Å². The van der Waals surface area contributed by atoms with E-state index in [0.717, 1.165) is 57.2 Å². The average Bonchev–Trinajstić information content (AvgIpc) is 2.73. The van der Waals surface area contributed by atoms with E-state index in [-0.39, 0.29) is 5.91 Å². The van der Waals surface area contributed by atoms with Crippen LogP contribution in [0.15, 0.2) is 48.5 Å². The van der Waals surface area contributed by atoms with Crippen molar-refractivity contribution in [3.63, 3.8) is 0 Å². The summed E-state index contributed by atoms with van der Waals surface area (Å²) in [7, 11) is 0. The molecule has 28 heavy (non-hydrogen) atoms. The molecule has 1 unspecified atom stereocenters. The molecule has 0 radical (unpaired) electrons. The number of piperazine rings is 1. The number of amides is 1. The maximum Gasteiger partial charge on any atom is 0.221 e. The minimum absolute atomic E-state index is 0.0338. The van der Waals surface area contributed by atoms with Gasteiger partial charge in [0.05, 0.1) is 6.61 Å². The molecule has 1 N–H and O–H groups in total. The Bertz CT molecular complexity index is 798. The van der Waals surface area contributed by atoms with Gasteiger partial charge in [-0.25, -0.2) is 0 Å². The van der Waals surface area contributed by atoms with Crippen LogP contribution in [0.2, 0.25) is 0 Å². The van der Waals surface area contributed by atoms with Gasteiger partial charge in [-0.1, -0.05) is 18.2 Å². The fourth-order valence-corrected chi connectivity index (χ4v) is 4.24. The maximum absolute atomic E-state index is 11.1. The van der Waals surface area contributed by atoms with E-state index in [9.17, 15) is 4.79 Å². The predicted octanol–water partition coefficient (Wildman–Crippen LogP) is 3.72. The zero-order valence-corrected chi connectivity index (χ0v) is 16.6. The van der Waals surface area contributed by atoms with Gasteiger partial charge in [0.15, 0.2) is 0 Å². The minimum Gasteiger partial charge on any atom is -0.493 e. The number of benzene rings is 2. The molecule has 2 aromatic carbocycles. The van der Waals surface area contributed by atoms with Crippen LogP contribution in [0.1, 0.15) is 31.2 Å². The number of hydrogen-bond acceptors (Lipinski definition) is 4. The number of para-hydroxylation sites is 1. The Morgan fingerprint density at radius 1 is 1.07 bits per heavy atom. The minimum atomic E-state index is -0.0338. The van der Waals surface area contributed by atoms with Gasteiger partial charge in [-0.3, -0.25) is 9.69 Å². The third kappa shape index (κ3) is 4.47. The first-order valence-corrected chi connectivity index (χ1v) is 10.3. The van der Waals surface area contributed by atoms with Crippen molar-refractivity contribution >= 4 is 17.3 Å². The van der Waals surface area contributed by atoms with Crippen molar-refractivity contribution in [1.82, 2.24) is 4.90 Å². The Hall–Kier alpha value is -2.53. The molecule has 5 nitrogen and oxygen atoms in total. The van der Waals surface area contributed by atoms with E-state index in [1.165, 1.54) is 24.6 Å². The molecule has 1 amide bonds. The second-order valence-electron chi connectivity index (χ2n) is 7.72. The third-order valence-electron chi connectivity index (χ3n) is 5.80. The highest BCUT2D eigenvalue weighted by atomic mass is 16.5. The Labute approximate surface area is 167 Å². The maximum atomic E-state index is 11.1. The van der Waals surface area contributed by atoms with Crippen LogP contribution in [0.3, 0.4) is 0 Å². The Morgan fingerprint density at radius 2 is 1.82 bits per heavy atom. The van der Waals surface area contributed by atoms with Crippen LogP contribution in [0, 0.1) is 0 Å². The highest BCUT2D eigenvalue weighted by Crippen LogP contribution is 2.35. The van der Waals surface area contributed by atoms with Crippen LogP contribution in [-0.2, 0) is 4.79 Å². The molecule has 2 aliphatic heterocycles. The smallest absolute Gasteiger partial charge is 0.221 e. The summed E-state index contributed by atoms with van der Waals surface area (Å²) in [5, 5.41) is 2.82. The van der Waals surface area contributed by atoms with Crippen LogP contribution in [-0.4, -0.2) is 50.1 Å². The van der Waals surface area contributed by atoms with E-state index in [4.69, 9.17) is 4.74 Å². The van der Waals surface area contributed by atoms with Crippen LogP contribution >= 0.6 is 0 Å². The number of nitrogens with one attached hydrogen (secondary N) is 1. The molecule has 0 spiro atoms. The predicted molar refractivity (Wildman–Crippen MR) is 113 cm³/mol. The highest BCUT2D eigenvalue weighted by molar-refractivity contribution is 5.88. The van der Waals surface area contributed by atoms with Crippen molar-refractivity contribution in [3.8, 4) is 5.75 Å². The quantitative estimate of drug-likeness (QED) is 0.860. The summed E-state index contributed by atoms with van der Waals surface area (Å²) >= 11 is 0. The van der Waals surface area contributed by atoms with Gasteiger partial charge in [0, 0.05) is 44.5 Å². The molecule has 0 saturated carbocycles. The monoisotopic (exact) mass is 379 g/mol. The van der Waals surface area contributed by atoms with Gasteiger partial charge in [-0.2, -0.15) is 0 Å². The number of fused-ring (bicyclic) bond motifs is 1. The van der Waals surface area contributed by atoms with Crippen LogP contribution < -0.4 is 15.0 Å². The molecule has 148 valence electrons. The van der Waals surface area contributed by atoms with E-state index < -0.39 is 0 Å². The number of ether oxygens (including phenoxy) is 1. The second kappa shape index (κ2) is 8.65. The molecule has 0 bridgehead atoms. The second-order valence-corrected chi connectivity index (χ2v) is 7.72. The molecule has 4 rings (SSSR count). The summed E-state index contributed by atoms with van der Waals surface area (Å²) < 4.78 is 5.79. The normalized spacial score (nSPS) is 19.6. The summed E-state index contributed by atoms with van der Waals surface area (Å²) in [6.45, 7) is 7.80. The Morgan fingerprint density at radius 3 is 2.57 bits per heavy atom. The first kappa shape index (κ1) is 18.8. The van der Waals surface area contributed by atoms with Gasteiger partial charge < -0.3 is 15.0 Å². The Balaban J connectivity index is 1.26. The topological polar surface area (TPSA) is 44.8 Å². The van der Waals surface area contributed by atoms with Gasteiger partial charge in [0.25, 0.3) is 0 Å². The van der Waals surface area contributed by atoms with Gasteiger partial charge in [-0.15, -0.1) is 0 Å². The number of hydrogen-bond donors (Lipinski definition) is 1. The molecule has 1 saturated heterocycles. The zero-order chi connectivity index (χ0) is 19.3. The van der Waals surface area contributed by atoms with Crippen molar-refractivity contribution in [3.05, 3.63) is 54.1 Å². The molecular weight excluding hydrogens is 350 g/mol. The zero-order valence-electron chi connectivity index (χ0n) is 16.6. The summed E-state index contributed by atoms with van der Waals surface area (Å²) in [5.74, 6) is 1.66. The van der Waals surface area contributed by atoms with Crippen LogP contribution in [0.25, 0.3) is 0 Å². The molecule has 0 aliphatic carbocycles. The lowest BCUT2D eigenvalue weighted by Crippen LogP contribution is -2.46. The first-order chi connectivity index (χ1) is 13.7. The van der Waals surface area contributed by atoms with E-state index >= 15 is 0 Å². The molecule has 2 aromatic rings. The van der Waals surface area contributed by atoms with Gasteiger partial charge in [0.2, 0.25) is 5.91 Å². The van der Waals surface area contributed by atoms with E-state index in [2.05, 4.69) is 51.5 Å². The lowest BCUT2D eigenvalue weighted by atomic mass is 9.90. The van der Waals surface area contributed by atoms with Crippen molar-refractivity contribution in [2.24, 2.45) is 0 Å². The lowest BCUT2D eigenvalue weighted by Gasteiger charge is -2.37. The Kier molecular flexibility index (Phi) is 5.81. The van der Waals surface area contributed by atoms with Crippen molar-refractivity contribution in [1.29, 1.82) is 0 Å². The summed E-state index contributed by atoms with van der Waals surface area (Å²) in [4.78, 5) is 16.2. The van der Waals surface area contributed by atoms with Crippen molar-refractivity contribution < 1.29 is 9.53 Å². The van der Waals surface area contributed by atoms with E-state index in [0.29, 0.717) is 5.92 Å². The summed E-state index contributed by atoms with van der Waals surface area (Å²) in [6.07, 6.45) is 2.32. The largest absolute Gasteiger partial charge is 0.493 e. The molecule has 2 aliphatic rings. The number of anilines is 2. The van der Waals surface area contributed by atoms with Crippen molar-refractivity contribution in [2.75, 3.05) is 49.5 Å². The summed E-state index contributed by atoms with van der Waals surface area (Å²) in [6, 6.07) is 16.6. The molecule has 1 fully saturated rings. The molecule has 1 atom stereocenters. The fraction of sp³-hybridized carbons (Fsp3) is 0.435. The van der Waals surface area contributed by atoms with Crippen molar-refractivity contribution in [2.45, 2.75) is 25.7 Å². The van der Waals surface area contributed by atoms with Crippen LogP contribution in [0.5, 0.6) is 5.75 Å². The molecule has 5 heteroatoms. The third-order valence-corrected chi connectivity index (χ3v) is 5.80. The number of carbonyl (C=O) groups excluding carboxylic acids is 1. The SMILES string of the molecule is CC(=O)Nc1ccc(N2CCN(CCC3CCOc4ccccc43)CC2)cc1. The highest BCUT2D eigenvalue weighted by Gasteiger charge is 2.23. The number of carbonyl (C=O) groups is 1. The number of nitrogens with zero attached hydrogens (tertiary/aromatic N) is 2. The number of rotatable bonds is 5. The molecule has 0 aromatic heterocycles. The van der Waals surface area contributed by atoms with Crippen LogP contribution in [0.4, 0.5) is 11.4 Å². The van der Waals surface area contributed by atoms with Gasteiger partial charge in [-0.05, 0) is 61.2 Å². The van der Waals surface area contributed by atoms with E-state index in [1.807, 2.05) is 12.1 Å². The first-order valence-electron chi connectivity index (χ1n) is 10.3. The standard InChI is InChI=1S/C23H29N3O2/c1-18(27)24-20-6-8-21(9-7-20)26-15-13-25(14-16-26)12-10-19-11-17-28-23-5-3-2-4-22(19)23/h2-9,19H,10-17H2,1H3,(H,24,27). The average molecular weight is 380 g/mol.